The maximum Gasteiger partial charge on any atom is 0.179 e. The molecule has 6 aromatic heterocycles. The highest BCUT2D eigenvalue weighted by molar-refractivity contribution is 7.20. The molecular weight excluding hydrogens is 1770 g/mol. The molecule has 0 radical (unpaired) electrons. The molecule has 0 amide bonds. The van der Waals surface area contributed by atoms with Gasteiger partial charge in [0.1, 0.15) is 33.5 Å². The van der Waals surface area contributed by atoms with E-state index in [1.165, 1.54) is 130 Å². The summed E-state index contributed by atoms with van der Waals surface area (Å²) in [6.07, 6.45) is 9.94. The fourth-order valence-electron chi connectivity index (χ4n) is 22.9. The van der Waals surface area contributed by atoms with Crippen molar-refractivity contribution in [1.29, 1.82) is 0 Å². The maximum atomic E-state index is 6.70. The summed E-state index contributed by atoms with van der Waals surface area (Å²) in [5, 5.41) is 17.6. The summed E-state index contributed by atoms with van der Waals surface area (Å²) in [6, 6.07) is 169. The van der Waals surface area contributed by atoms with Gasteiger partial charge in [0, 0.05) is 72.5 Å². The topological polar surface area (TPSA) is 117 Å². The first-order chi connectivity index (χ1) is 70.9. The third-order valence-electron chi connectivity index (χ3n) is 29.4. The molecule has 0 atom stereocenters. The molecule has 676 valence electrons. The lowest BCUT2D eigenvalue weighted by atomic mass is 9.82. The lowest BCUT2D eigenvalue weighted by molar-refractivity contribution is 0.668. The van der Waals surface area contributed by atoms with Crippen LogP contribution in [0.1, 0.15) is 33.4 Å². The van der Waals surface area contributed by atoms with Gasteiger partial charge in [-0.25, -0.2) is 29.9 Å². The Kier molecular flexibility index (Phi) is 21.9. The highest BCUT2D eigenvalue weighted by atomic mass is 28.3. The van der Waals surface area contributed by atoms with E-state index in [4.69, 9.17) is 43.2 Å². The van der Waals surface area contributed by atoms with Crippen LogP contribution in [0.25, 0.3) is 178 Å². The maximum absolute atomic E-state index is 6.70. The van der Waals surface area contributed by atoms with Crippen molar-refractivity contribution in [2.45, 2.75) is 38.5 Å². The quantitative estimate of drug-likeness (QED) is 0.0730. The minimum absolute atomic E-state index is 0.652. The van der Waals surface area contributed by atoms with E-state index in [1.54, 1.807) is 0 Å². The Morgan fingerprint density at radius 3 is 0.958 bits per heavy atom. The minimum atomic E-state index is -2.69. The fraction of sp³-hybridized carbons (Fsp3) is 0.0455. The Bertz CT molecular complexity index is 8910. The summed E-state index contributed by atoms with van der Waals surface area (Å²) >= 11 is 0. The van der Waals surface area contributed by atoms with Crippen LogP contribution < -0.4 is 41.5 Å². The van der Waals surface area contributed by atoms with Gasteiger partial charge in [0.05, 0.1) is 33.9 Å². The highest BCUT2D eigenvalue weighted by Gasteiger charge is 2.44. The van der Waals surface area contributed by atoms with Crippen LogP contribution in [0, 0.1) is 0 Å². The van der Waals surface area contributed by atoms with E-state index in [0.29, 0.717) is 11.6 Å². The number of hydrogen-bond acceptors (Lipinski definition) is 9. The molecule has 0 bridgehead atoms. The number of nitrogens with zero attached hydrogens (tertiary/aromatic N) is 6. The van der Waals surface area contributed by atoms with Gasteiger partial charge >= 0.3 is 0 Å². The normalized spacial score (nSPS) is 12.4. The van der Waals surface area contributed by atoms with Crippen LogP contribution in [0.5, 0.6) is 0 Å². The predicted molar refractivity (Wildman–Crippen MR) is 592 cm³/mol. The molecular formula is C132H92N6O3Si2. The SMILES string of the molecule is c1ccc(-c2cc(-c3ccccc3)nc(-c3cccc4c3oc3ccc5c(c34)-c3ccccc3CC5)n2)cc1.c1ccc([Si](c2ccccc2)(c2ccccc2)c2cccc(-c3ccnc(-c4ccc5c(c4)CCc4ccc6oc7ccccc7c6c4-5)n3)c2)cc1.c1ccc([Si](c2ccccc2)(c2ccccc2)c2cccc(-c3ccnc(-c4cccc5c4oc4ccc6c(c45)-c4ccccc4CC6)n3)c2)cc1. The molecule has 0 aliphatic heterocycles. The van der Waals surface area contributed by atoms with Crippen LogP contribution in [0.4, 0.5) is 0 Å². The highest BCUT2D eigenvalue weighted by Crippen LogP contribution is 2.49. The van der Waals surface area contributed by atoms with Crippen molar-refractivity contribution in [3.8, 4) is 113 Å². The van der Waals surface area contributed by atoms with Crippen molar-refractivity contribution in [3.05, 3.63) is 519 Å². The van der Waals surface area contributed by atoms with Gasteiger partial charge in [-0.1, -0.05) is 413 Å². The zero-order chi connectivity index (χ0) is 94.7. The number of benzene rings is 19. The zero-order valence-corrected chi connectivity index (χ0v) is 80.3. The summed E-state index contributed by atoms with van der Waals surface area (Å²) in [7, 11) is -5.36. The van der Waals surface area contributed by atoms with Crippen molar-refractivity contribution in [2.75, 3.05) is 0 Å². The molecule has 0 fully saturated rings. The number of hydrogen-bond donors (Lipinski definition) is 0. The largest absolute Gasteiger partial charge is 0.456 e. The lowest BCUT2D eigenvalue weighted by Gasteiger charge is -2.34. The van der Waals surface area contributed by atoms with Crippen LogP contribution in [0.3, 0.4) is 0 Å². The summed E-state index contributed by atoms with van der Waals surface area (Å²) < 4.78 is 19.6. The first-order valence-corrected chi connectivity index (χ1v) is 53.3. The summed E-state index contributed by atoms with van der Waals surface area (Å²) in [5.41, 5.74) is 32.0. The standard InChI is InChI=1S/2C48H34N2OSi.C36H24N2O/c1-4-16-36(17-5-1)52(37-18-6-2-7-19-37,38-20-8-3-9-21-38)39-22-12-15-35(32-39)43-30-31-49-48(50-43)42-25-13-24-41-46-44(51-47(41)42)29-28-34-27-26-33-14-10-11-23-40(33)45(34)46;1-4-14-37(15-5-1)52(38-16-6-2-7-17-38,39-18-8-3-9-19-39)40-20-12-13-35(32-40)43-29-30-49-48(50-43)36-25-27-41-34(31-36)24-23-33-26-28-45-47(46(33)41)42-21-10-11-22-44(42)51-45;1-3-11-24(12-4-1)30-22-31(25-13-5-2-6-14-25)38-36(37-30)29-17-9-16-28-34-32(39-35(28)29)21-20-26-19-18-23-10-7-8-15-27(23)33(26)34/h1-25,28-32H,26-27H2;1-22,25-32H,23-24H2;1-17,20-22H,18-19H2. The Morgan fingerprint density at radius 2 is 0.503 bits per heavy atom. The molecule has 19 aromatic carbocycles. The van der Waals surface area contributed by atoms with Crippen molar-refractivity contribution in [3.63, 3.8) is 0 Å². The number of para-hydroxylation sites is 3. The van der Waals surface area contributed by atoms with Crippen LogP contribution in [0.15, 0.2) is 499 Å². The monoisotopic (exact) mass is 1860 g/mol. The fourth-order valence-corrected chi connectivity index (χ4v) is 32.5. The third kappa shape index (κ3) is 15.1. The first kappa shape index (κ1) is 85.7. The number of rotatable bonds is 15. The molecule has 3 aliphatic carbocycles. The average molecular weight is 1870 g/mol. The predicted octanol–water partition coefficient (Wildman–Crippen LogP) is 26.8. The van der Waals surface area contributed by atoms with E-state index in [0.717, 1.165) is 150 Å². The van der Waals surface area contributed by atoms with Crippen LogP contribution in [-0.2, 0) is 38.5 Å². The molecule has 25 aromatic rings. The minimum Gasteiger partial charge on any atom is -0.456 e. The Hall–Kier alpha value is -17.7. The molecule has 0 unspecified atom stereocenters. The van der Waals surface area contributed by atoms with Crippen LogP contribution in [-0.4, -0.2) is 46.1 Å². The second-order valence-electron chi connectivity index (χ2n) is 37.4. The van der Waals surface area contributed by atoms with Crippen LogP contribution in [0.2, 0.25) is 0 Å². The number of aryl methyl sites for hydroxylation is 6. The van der Waals surface area contributed by atoms with Gasteiger partial charge in [0.25, 0.3) is 0 Å². The number of fused-ring (bicyclic) bond motifs is 21. The molecule has 0 saturated carbocycles. The zero-order valence-electron chi connectivity index (χ0n) is 78.3. The summed E-state index contributed by atoms with van der Waals surface area (Å²) in [5.74, 6) is 2.05. The molecule has 6 heterocycles. The van der Waals surface area contributed by atoms with E-state index in [1.807, 2.05) is 67.0 Å². The van der Waals surface area contributed by atoms with Crippen molar-refractivity contribution < 1.29 is 13.3 Å². The third-order valence-corrected chi connectivity index (χ3v) is 39.0. The molecule has 28 rings (SSSR count). The Labute approximate surface area is 830 Å². The molecule has 0 N–H and O–H groups in total. The van der Waals surface area contributed by atoms with E-state index in [-0.39, 0.29) is 0 Å². The van der Waals surface area contributed by atoms with E-state index in [2.05, 4.69) is 419 Å². The molecule has 0 spiro atoms. The van der Waals surface area contributed by atoms with Gasteiger partial charge in [0.2, 0.25) is 0 Å². The lowest BCUT2D eigenvalue weighted by Crippen LogP contribution is -2.74. The molecule has 143 heavy (non-hydrogen) atoms. The van der Waals surface area contributed by atoms with Crippen molar-refractivity contribution >= 4 is 123 Å². The molecule has 0 saturated heterocycles. The second kappa shape index (κ2) is 36.6. The smallest absolute Gasteiger partial charge is 0.179 e. The first-order valence-electron chi connectivity index (χ1n) is 49.3. The molecule has 3 aliphatic rings. The van der Waals surface area contributed by atoms with Crippen molar-refractivity contribution in [1.82, 2.24) is 29.9 Å². The van der Waals surface area contributed by atoms with Crippen LogP contribution >= 0.6 is 0 Å². The Balaban J connectivity index is 0.000000111. The molecule has 11 heteroatoms. The summed E-state index contributed by atoms with van der Waals surface area (Å²) in [6.45, 7) is 0. The molecule has 9 nitrogen and oxygen atoms in total. The average Bonchev–Trinajstić information content (AvgIpc) is 1.46. The van der Waals surface area contributed by atoms with Crippen molar-refractivity contribution in [2.24, 2.45) is 0 Å². The second-order valence-corrected chi connectivity index (χ2v) is 45.0. The summed E-state index contributed by atoms with van der Waals surface area (Å²) in [4.78, 5) is 30.2. The van der Waals surface area contributed by atoms with Gasteiger partial charge in [-0.15, -0.1) is 0 Å². The Morgan fingerprint density at radius 1 is 0.182 bits per heavy atom. The van der Waals surface area contributed by atoms with E-state index in [9.17, 15) is 0 Å². The van der Waals surface area contributed by atoms with Gasteiger partial charge in [-0.2, -0.15) is 0 Å². The van der Waals surface area contributed by atoms with Gasteiger partial charge in [-0.05, 0) is 207 Å². The number of furan rings is 3. The van der Waals surface area contributed by atoms with E-state index < -0.39 is 16.1 Å². The van der Waals surface area contributed by atoms with Gasteiger partial charge < -0.3 is 13.3 Å². The van der Waals surface area contributed by atoms with Gasteiger partial charge in [0.15, 0.2) is 33.6 Å². The number of aromatic nitrogens is 6. The van der Waals surface area contributed by atoms with Gasteiger partial charge in [-0.3, -0.25) is 0 Å². The van der Waals surface area contributed by atoms with E-state index >= 15 is 0 Å².